The molecule has 96 valence electrons. The van der Waals surface area contributed by atoms with Gasteiger partial charge < -0.3 is 5.32 Å². The fourth-order valence-corrected chi connectivity index (χ4v) is 3.57. The predicted molar refractivity (Wildman–Crippen MR) is 82.0 cm³/mol. The van der Waals surface area contributed by atoms with Crippen molar-refractivity contribution in [1.29, 1.82) is 0 Å². The van der Waals surface area contributed by atoms with E-state index in [9.17, 15) is 4.79 Å². The number of thiophene rings is 1. The van der Waals surface area contributed by atoms with Gasteiger partial charge in [0.05, 0.1) is 25.9 Å². The largest absolute Gasteiger partial charge is 0.349 e. The van der Waals surface area contributed by atoms with Crippen molar-refractivity contribution >= 4 is 65.0 Å². The van der Waals surface area contributed by atoms with Crippen LogP contribution in [-0.4, -0.2) is 22.2 Å². The second kappa shape index (κ2) is 6.31. The molecule has 2 aromatic heterocycles. The SMILES string of the molecule is O=C(NCCn1cc(Br)cn1)c1cc(Br)c(Br)s1. The van der Waals surface area contributed by atoms with Crippen molar-refractivity contribution < 1.29 is 4.79 Å². The van der Waals surface area contributed by atoms with Crippen LogP contribution in [0.2, 0.25) is 0 Å². The quantitative estimate of drug-likeness (QED) is 0.761. The third-order valence-corrected chi connectivity index (χ3v) is 5.76. The highest BCUT2D eigenvalue weighted by atomic mass is 79.9. The maximum Gasteiger partial charge on any atom is 0.261 e. The van der Waals surface area contributed by atoms with E-state index in [2.05, 4.69) is 58.2 Å². The molecule has 0 saturated heterocycles. The van der Waals surface area contributed by atoms with Gasteiger partial charge in [0.15, 0.2) is 0 Å². The minimum absolute atomic E-state index is 0.0716. The Morgan fingerprint density at radius 2 is 2.22 bits per heavy atom. The molecule has 2 rings (SSSR count). The Kier molecular flexibility index (Phi) is 4.99. The van der Waals surface area contributed by atoms with E-state index >= 15 is 0 Å². The molecule has 8 heteroatoms. The maximum absolute atomic E-state index is 11.8. The van der Waals surface area contributed by atoms with Gasteiger partial charge >= 0.3 is 0 Å². The van der Waals surface area contributed by atoms with Crippen LogP contribution in [0.4, 0.5) is 0 Å². The van der Waals surface area contributed by atoms with Gasteiger partial charge in [-0.05, 0) is 53.9 Å². The summed E-state index contributed by atoms with van der Waals surface area (Å²) >= 11 is 11.4. The second-order valence-corrected chi connectivity index (χ2v) is 7.55. The Labute approximate surface area is 133 Å². The first kappa shape index (κ1) is 14.2. The van der Waals surface area contributed by atoms with E-state index in [1.165, 1.54) is 11.3 Å². The fourth-order valence-electron chi connectivity index (χ4n) is 1.29. The van der Waals surface area contributed by atoms with E-state index in [0.29, 0.717) is 18.0 Å². The van der Waals surface area contributed by atoms with Crippen LogP contribution in [0.25, 0.3) is 0 Å². The molecular formula is C10H8Br3N3OS. The molecule has 0 aliphatic carbocycles. The third-order valence-electron chi connectivity index (χ3n) is 2.10. The zero-order valence-corrected chi connectivity index (χ0v) is 14.6. The van der Waals surface area contributed by atoms with Crippen molar-refractivity contribution in [2.75, 3.05) is 6.54 Å². The summed E-state index contributed by atoms with van der Waals surface area (Å²) in [6.07, 6.45) is 3.58. The van der Waals surface area contributed by atoms with E-state index in [-0.39, 0.29) is 5.91 Å². The molecule has 1 N–H and O–H groups in total. The van der Waals surface area contributed by atoms with Crippen LogP contribution in [0.5, 0.6) is 0 Å². The number of nitrogens with one attached hydrogen (secondary N) is 1. The third kappa shape index (κ3) is 3.66. The standard InChI is InChI=1S/C10H8Br3N3OS/c11-6-4-15-16(5-6)2-1-14-10(17)8-3-7(12)9(13)18-8/h3-5H,1-2H2,(H,14,17). The Morgan fingerprint density at radius 1 is 1.44 bits per heavy atom. The highest BCUT2D eigenvalue weighted by Crippen LogP contribution is 2.32. The molecule has 0 bridgehead atoms. The summed E-state index contributed by atoms with van der Waals surface area (Å²) in [5, 5.41) is 6.96. The number of halogens is 3. The summed E-state index contributed by atoms with van der Waals surface area (Å²) in [6.45, 7) is 1.19. The summed E-state index contributed by atoms with van der Waals surface area (Å²) in [5.41, 5.74) is 0. The molecule has 4 nitrogen and oxygen atoms in total. The molecule has 0 aliphatic heterocycles. The van der Waals surface area contributed by atoms with Gasteiger partial charge in [-0.3, -0.25) is 9.48 Å². The van der Waals surface area contributed by atoms with Gasteiger partial charge in [-0.2, -0.15) is 5.10 Å². The first-order valence-corrected chi connectivity index (χ1v) is 8.17. The summed E-state index contributed by atoms with van der Waals surface area (Å²) in [7, 11) is 0. The van der Waals surface area contributed by atoms with Crippen LogP contribution >= 0.6 is 59.1 Å². The normalized spacial score (nSPS) is 10.6. The molecule has 0 saturated carbocycles. The van der Waals surface area contributed by atoms with E-state index < -0.39 is 0 Å². The van der Waals surface area contributed by atoms with Crippen molar-refractivity contribution in [3.8, 4) is 0 Å². The van der Waals surface area contributed by atoms with Crippen LogP contribution in [-0.2, 0) is 6.54 Å². The number of carbonyl (C=O) groups is 1. The average Bonchev–Trinajstić information content (AvgIpc) is 2.87. The van der Waals surface area contributed by atoms with Gasteiger partial charge in [0.25, 0.3) is 5.91 Å². The molecule has 0 spiro atoms. The number of aromatic nitrogens is 2. The second-order valence-electron chi connectivity index (χ2n) is 3.41. The number of carbonyl (C=O) groups excluding carboxylic acids is 1. The summed E-state index contributed by atoms with van der Waals surface area (Å²) in [6, 6.07) is 1.80. The highest BCUT2D eigenvalue weighted by Gasteiger charge is 2.11. The van der Waals surface area contributed by atoms with Crippen molar-refractivity contribution in [1.82, 2.24) is 15.1 Å². The van der Waals surface area contributed by atoms with E-state index in [0.717, 1.165) is 12.7 Å². The molecule has 2 heterocycles. The Hall–Kier alpha value is -0.180. The minimum Gasteiger partial charge on any atom is -0.349 e. The van der Waals surface area contributed by atoms with E-state index in [1.807, 2.05) is 6.20 Å². The van der Waals surface area contributed by atoms with Crippen molar-refractivity contribution in [3.05, 3.63) is 36.1 Å². The molecule has 0 aromatic carbocycles. The number of rotatable bonds is 4. The number of amides is 1. The summed E-state index contributed by atoms with van der Waals surface area (Å²) in [5.74, 6) is -0.0716. The smallest absolute Gasteiger partial charge is 0.261 e. The molecule has 0 fully saturated rings. The highest BCUT2D eigenvalue weighted by molar-refractivity contribution is 9.13. The van der Waals surface area contributed by atoms with Gasteiger partial charge in [0.2, 0.25) is 0 Å². The van der Waals surface area contributed by atoms with Gasteiger partial charge in [-0.25, -0.2) is 0 Å². The lowest BCUT2D eigenvalue weighted by Gasteiger charge is -2.03. The number of hydrogen-bond acceptors (Lipinski definition) is 3. The fraction of sp³-hybridized carbons (Fsp3) is 0.200. The van der Waals surface area contributed by atoms with Crippen LogP contribution in [0.3, 0.4) is 0 Å². The van der Waals surface area contributed by atoms with Gasteiger partial charge in [0, 0.05) is 17.2 Å². The summed E-state index contributed by atoms with van der Waals surface area (Å²) < 4.78 is 4.52. The van der Waals surface area contributed by atoms with Gasteiger partial charge in [-0.15, -0.1) is 11.3 Å². The molecule has 0 radical (unpaired) electrons. The van der Waals surface area contributed by atoms with Crippen LogP contribution in [0.1, 0.15) is 9.67 Å². The lowest BCUT2D eigenvalue weighted by Crippen LogP contribution is -2.26. The van der Waals surface area contributed by atoms with Crippen molar-refractivity contribution in [2.45, 2.75) is 6.54 Å². The molecule has 18 heavy (non-hydrogen) atoms. The van der Waals surface area contributed by atoms with Crippen molar-refractivity contribution in [2.24, 2.45) is 0 Å². The van der Waals surface area contributed by atoms with Crippen LogP contribution in [0.15, 0.2) is 31.2 Å². The van der Waals surface area contributed by atoms with Gasteiger partial charge in [-0.1, -0.05) is 0 Å². The summed E-state index contributed by atoms with van der Waals surface area (Å²) in [4.78, 5) is 12.5. The molecule has 0 unspecified atom stereocenters. The van der Waals surface area contributed by atoms with Crippen molar-refractivity contribution in [3.63, 3.8) is 0 Å². The van der Waals surface area contributed by atoms with E-state index in [4.69, 9.17) is 0 Å². The first-order chi connectivity index (χ1) is 8.56. The zero-order valence-electron chi connectivity index (χ0n) is 8.99. The van der Waals surface area contributed by atoms with Crippen LogP contribution in [0, 0.1) is 0 Å². The number of nitrogens with zero attached hydrogens (tertiary/aromatic N) is 2. The topological polar surface area (TPSA) is 46.9 Å². The molecule has 0 aliphatic rings. The minimum atomic E-state index is -0.0716. The lowest BCUT2D eigenvalue weighted by molar-refractivity contribution is 0.0956. The zero-order chi connectivity index (χ0) is 13.1. The maximum atomic E-state index is 11.8. The van der Waals surface area contributed by atoms with Crippen LogP contribution < -0.4 is 5.32 Å². The molecule has 2 aromatic rings. The van der Waals surface area contributed by atoms with E-state index in [1.54, 1.807) is 16.9 Å². The van der Waals surface area contributed by atoms with Gasteiger partial charge in [0.1, 0.15) is 0 Å². The average molecular weight is 458 g/mol. The predicted octanol–water partition coefficient (Wildman–Crippen LogP) is 3.66. The molecule has 0 atom stereocenters. The Balaban J connectivity index is 1.85. The lowest BCUT2D eigenvalue weighted by atomic mass is 10.4. The Morgan fingerprint density at radius 3 is 2.78 bits per heavy atom. The Bertz CT molecular complexity index is 547. The molecular weight excluding hydrogens is 450 g/mol. The number of hydrogen-bond donors (Lipinski definition) is 1. The molecule has 1 amide bonds. The first-order valence-electron chi connectivity index (χ1n) is 4.97. The monoisotopic (exact) mass is 455 g/mol.